The summed E-state index contributed by atoms with van der Waals surface area (Å²) in [5.74, 6) is 0. The molecule has 0 atom stereocenters. The molecule has 1 aromatic heterocycles. The van der Waals surface area contributed by atoms with Crippen LogP contribution in [0, 0.1) is 0 Å². The molecule has 3 rings (SSSR count). The fourth-order valence-electron chi connectivity index (χ4n) is 2.66. The zero-order chi connectivity index (χ0) is 11.5. The second-order valence-electron chi connectivity index (χ2n) is 4.82. The van der Waals surface area contributed by atoms with E-state index in [4.69, 9.17) is 0 Å². The molecule has 0 amide bonds. The van der Waals surface area contributed by atoms with Crippen molar-refractivity contribution in [3.05, 3.63) is 42.1 Å². The van der Waals surface area contributed by atoms with Gasteiger partial charge in [-0.1, -0.05) is 24.6 Å². The van der Waals surface area contributed by atoms with Crippen LogP contribution in [0.1, 0.15) is 24.8 Å². The highest BCUT2D eigenvalue weighted by molar-refractivity contribution is 5.81. The lowest BCUT2D eigenvalue weighted by Crippen LogP contribution is -2.29. The van der Waals surface area contributed by atoms with Crippen LogP contribution in [-0.4, -0.2) is 23.0 Å². The maximum Gasteiger partial charge on any atom is 0.0705 e. The van der Waals surface area contributed by atoms with E-state index < -0.39 is 0 Å². The third-order valence-corrected chi connectivity index (χ3v) is 3.58. The van der Waals surface area contributed by atoms with E-state index in [1.54, 1.807) is 0 Å². The van der Waals surface area contributed by atoms with Crippen molar-refractivity contribution >= 4 is 10.9 Å². The van der Waals surface area contributed by atoms with Gasteiger partial charge in [0.1, 0.15) is 0 Å². The van der Waals surface area contributed by atoms with Gasteiger partial charge in [0.05, 0.1) is 5.52 Å². The molecule has 0 N–H and O–H groups in total. The number of fused-ring (bicyclic) bond motifs is 1. The predicted molar refractivity (Wildman–Crippen MR) is 70.9 cm³/mol. The maximum atomic E-state index is 4.42. The standard InChI is InChI=1S/C15H18N2/c1-2-10-17(11-3-1)12-13-6-4-8-15-14(13)7-5-9-16-15/h4-9H,1-3,10-12H2. The number of benzene rings is 1. The van der Waals surface area contributed by atoms with E-state index in [9.17, 15) is 0 Å². The molecule has 0 spiro atoms. The lowest BCUT2D eigenvalue weighted by Gasteiger charge is -2.26. The van der Waals surface area contributed by atoms with Crippen molar-refractivity contribution in [2.75, 3.05) is 13.1 Å². The number of pyridine rings is 1. The molecular formula is C15H18N2. The Morgan fingerprint density at radius 3 is 2.76 bits per heavy atom. The van der Waals surface area contributed by atoms with Crippen molar-refractivity contribution in [2.24, 2.45) is 0 Å². The third-order valence-electron chi connectivity index (χ3n) is 3.58. The van der Waals surface area contributed by atoms with Crippen LogP contribution in [0.3, 0.4) is 0 Å². The molecule has 2 nitrogen and oxygen atoms in total. The van der Waals surface area contributed by atoms with Crippen LogP contribution < -0.4 is 0 Å². The SMILES string of the molecule is c1cc(CN2CCCCC2)c2cccnc2c1. The number of hydrogen-bond donors (Lipinski definition) is 0. The second kappa shape index (κ2) is 4.84. The average molecular weight is 226 g/mol. The Bertz CT molecular complexity index is 496. The number of likely N-dealkylation sites (tertiary alicyclic amines) is 1. The second-order valence-corrected chi connectivity index (χ2v) is 4.82. The Morgan fingerprint density at radius 1 is 1.00 bits per heavy atom. The highest BCUT2D eigenvalue weighted by Gasteiger charge is 2.11. The molecule has 1 aliphatic heterocycles. The van der Waals surface area contributed by atoms with E-state index in [-0.39, 0.29) is 0 Å². The van der Waals surface area contributed by atoms with Gasteiger partial charge in [-0.25, -0.2) is 0 Å². The zero-order valence-corrected chi connectivity index (χ0v) is 10.1. The molecule has 1 saturated heterocycles. The molecule has 0 unspecified atom stereocenters. The van der Waals surface area contributed by atoms with Crippen LogP contribution in [0.4, 0.5) is 0 Å². The molecule has 2 heteroatoms. The largest absolute Gasteiger partial charge is 0.299 e. The number of piperidine rings is 1. The Balaban J connectivity index is 1.89. The zero-order valence-electron chi connectivity index (χ0n) is 10.1. The van der Waals surface area contributed by atoms with Crippen LogP contribution in [0.15, 0.2) is 36.5 Å². The van der Waals surface area contributed by atoms with Gasteiger partial charge in [0.15, 0.2) is 0 Å². The van der Waals surface area contributed by atoms with Gasteiger partial charge in [-0.3, -0.25) is 9.88 Å². The fourth-order valence-corrected chi connectivity index (χ4v) is 2.66. The maximum absolute atomic E-state index is 4.42. The number of nitrogens with zero attached hydrogens (tertiary/aromatic N) is 2. The summed E-state index contributed by atoms with van der Waals surface area (Å²) < 4.78 is 0. The Hall–Kier alpha value is -1.41. The first kappa shape index (κ1) is 10.7. The lowest BCUT2D eigenvalue weighted by atomic mass is 10.1. The third kappa shape index (κ3) is 2.32. The average Bonchev–Trinajstić information content (AvgIpc) is 2.40. The summed E-state index contributed by atoms with van der Waals surface area (Å²) in [6, 6.07) is 10.7. The van der Waals surface area contributed by atoms with Crippen LogP contribution in [0.2, 0.25) is 0 Å². The van der Waals surface area contributed by atoms with Crippen molar-refractivity contribution < 1.29 is 0 Å². The summed E-state index contributed by atoms with van der Waals surface area (Å²) in [4.78, 5) is 6.98. The molecule has 1 fully saturated rings. The molecule has 1 aliphatic rings. The highest BCUT2D eigenvalue weighted by Crippen LogP contribution is 2.20. The molecular weight excluding hydrogens is 208 g/mol. The first-order chi connectivity index (χ1) is 8.43. The normalized spacial score (nSPS) is 17.4. The predicted octanol–water partition coefficient (Wildman–Crippen LogP) is 3.22. The molecule has 0 radical (unpaired) electrons. The Morgan fingerprint density at radius 2 is 1.88 bits per heavy atom. The monoisotopic (exact) mass is 226 g/mol. The summed E-state index contributed by atoms with van der Waals surface area (Å²) in [5, 5.41) is 1.31. The van der Waals surface area contributed by atoms with Gasteiger partial charge in [0.25, 0.3) is 0 Å². The van der Waals surface area contributed by atoms with Gasteiger partial charge >= 0.3 is 0 Å². The van der Waals surface area contributed by atoms with Crippen molar-refractivity contribution in [2.45, 2.75) is 25.8 Å². The number of hydrogen-bond acceptors (Lipinski definition) is 2. The Labute approximate surface area is 102 Å². The lowest BCUT2D eigenvalue weighted by molar-refractivity contribution is 0.221. The van der Waals surface area contributed by atoms with Crippen LogP contribution in [-0.2, 0) is 6.54 Å². The summed E-state index contributed by atoms with van der Waals surface area (Å²) >= 11 is 0. The Kier molecular flexibility index (Phi) is 3.06. The summed E-state index contributed by atoms with van der Waals surface area (Å²) in [6.45, 7) is 3.57. The van der Waals surface area contributed by atoms with Gasteiger partial charge in [0.2, 0.25) is 0 Å². The van der Waals surface area contributed by atoms with Crippen molar-refractivity contribution in [1.82, 2.24) is 9.88 Å². The smallest absolute Gasteiger partial charge is 0.0705 e. The molecule has 1 aromatic carbocycles. The minimum Gasteiger partial charge on any atom is -0.299 e. The topological polar surface area (TPSA) is 16.1 Å². The summed E-state index contributed by atoms with van der Waals surface area (Å²) in [6.07, 6.45) is 5.96. The van der Waals surface area contributed by atoms with Gasteiger partial charge in [-0.15, -0.1) is 0 Å². The van der Waals surface area contributed by atoms with Crippen molar-refractivity contribution in [3.63, 3.8) is 0 Å². The fraction of sp³-hybridized carbons (Fsp3) is 0.400. The highest BCUT2D eigenvalue weighted by atomic mass is 15.1. The summed E-state index contributed by atoms with van der Waals surface area (Å²) in [7, 11) is 0. The van der Waals surface area contributed by atoms with E-state index in [0.29, 0.717) is 0 Å². The van der Waals surface area contributed by atoms with Gasteiger partial charge in [-0.2, -0.15) is 0 Å². The molecule has 88 valence electrons. The first-order valence-corrected chi connectivity index (χ1v) is 6.48. The molecule has 17 heavy (non-hydrogen) atoms. The van der Waals surface area contributed by atoms with Crippen LogP contribution in [0.25, 0.3) is 10.9 Å². The first-order valence-electron chi connectivity index (χ1n) is 6.48. The van der Waals surface area contributed by atoms with E-state index in [0.717, 1.165) is 12.1 Å². The minimum atomic E-state index is 1.07. The molecule has 0 saturated carbocycles. The molecule has 0 aliphatic carbocycles. The van der Waals surface area contributed by atoms with Crippen molar-refractivity contribution in [1.29, 1.82) is 0 Å². The van der Waals surface area contributed by atoms with E-state index in [2.05, 4.69) is 34.1 Å². The minimum absolute atomic E-state index is 1.07. The molecule has 2 heterocycles. The molecule has 0 bridgehead atoms. The van der Waals surface area contributed by atoms with E-state index in [1.165, 1.54) is 43.3 Å². The molecule has 2 aromatic rings. The van der Waals surface area contributed by atoms with Crippen molar-refractivity contribution in [3.8, 4) is 0 Å². The van der Waals surface area contributed by atoms with Crippen LogP contribution >= 0.6 is 0 Å². The van der Waals surface area contributed by atoms with Gasteiger partial charge in [-0.05, 0) is 43.6 Å². The van der Waals surface area contributed by atoms with E-state index in [1.807, 2.05) is 12.3 Å². The quantitative estimate of drug-likeness (QED) is 0.781. The van der Waals surface area contributed by atoms with Gasteiger partial charge in [0, 0.05) is 18.1 Å². The van der Waals surface area contributed by atoms with E-state index >= 15 is 0 Å². The summed E-state index contributed by atoms with van der Waals surface area (Å²) in [5.41, 5.74) is 2.53. The van der Waals surface area contributed by atoms with Crippen LogP contribution in [0.5, 0.6) is 0 Å². The number of aromatic nitrogens is 1. The van der Waals surface area contributed by atoms with Gasteiger partial charge < -0.3 is 0 Å². The number of rotatable bonds is 2.